The average molecular weight is 249 g/mol. The van der Waals surface area contributed by atoms with Crippen LogP contribution in [-0.2, 0) is 4.79 Å². The van der Waals surface area contributed by atoms with Gasteiger partial charge in [0.25, 0.3) is 0 Å². The van der Waals surface area contributed by atoms with Crippen LogP contribution in [0.3, 0.4) is 0 Å². The topological polar surface area (TPSA) is 17.1 Å². The van der Waals surface area contributed by atoms with Crippen molar-refractivity contribution in [2.45, 2.75) is 38.5 Å². The molecule has 90 valence electrons. The van der Waals surface area contributed by atoms with Crippen LogP contribution in [-0.4, -0.2) is 11.2 Å². The van der Waals surface area contributed by atoms with Gasteiger partial charge in [-0.1, -0.05) is 18.2 Å². The summed E-state index contributed by atoms with van der Waals surface area (Å²) in [6, 6.07) is 6.27. The van der Waals surface area contributed by atoms with Gasteiger partial charge in [-0.25, -0.2) is 0 Å². The third kappa shape index (κ3) is 2.78. The van der Waals surface area contributed by atoms with Crippen molar-refractivity contribution in [3.63, 3.8) is 0 Å². The Kier molecular flexibility index (Phi) is 3.68. The predicted octanol–water partition coefficient (Wildman–Crippen LogP) is 4.05. The quantitative estimate of drug-likeness (QED) is 0.541. The lowest BCUT2D eigenvalue weighted by Gasteiger charge is -2.17. The molecule has 1 aliphatic rings. The van der Waals surface area contributed by atoms with E-state index in [2.05, 4.69) is 32.0 Å². The third-order valence-corrected chi connectivity index (χ3v) is 3.79. The lowest BCUT2D eigenvalue weighted by molar-refractivity contribution is -0.116. The number of alkyl halides is 1. The van der Waals surface area contributed by atoms with Crippen LogP contribution in [0.1, 0.15) is 36.0 Å². The number of ketones is 1. The van der Waals surface area contributed by atoms with Crippen molar-refractivity contribution in [3.8, 4) is 0 Å². The van der Waals surface area contributed by atoms with E-state index in [0.29, 0.717) is 0 Å². The highest BCUT2D eigenvalue weighted by molar-refractivity contribution is 6.34. The van der Waals surface area contributed by atoms with E-state index in [1.54, 1.807) is 0 Å². The Bertz CT molecular complexity index is 474. The van der Waals surface area contributed by atoms with Crippen molar-refractivity contribution in [2.75, 3.05) is 0 Å². The van der Waals surface area contributed by atoms with Crippen LogP contribution in [0, 0.1) is 13.8 Å². The van der Waals surface area contributed by atoms with E-state index in [0.717, 1.165) is 30.4 Å². The van der Waals surface area contributed by atoms with Gasteiger partial charge in [-0.05, 0) is 61.4 Å². The molecule has 0 amide bonds. The molecule has 1 fully saturated rings. The molecule has 1 aromatic carbocycles. The largest absolute Gasteiger partial charge is 0.293 e. The van der Waals surface area contributed by atoms with Gasteiger partial charge in [0, 0.05) is 0 Å². The SMILES string of the molecule is Cc1ccc(C=C2CCCC(Cl)C2=O)cc1C. The fourth-order valence-corrected chi connectivity index (χ4v) is 2.42. The first-order chi connectivity index (χ1) is 8.08. The molecule has 0 spiro atoms. The van der Waals surface area contributed by atoms with E-state index < -0.39 is 0 Å². The van der Waals surface area contributed by atoms with Crippen molar-refractivity contribution in [1.29, 1.82) is 0 Å². The smallest absolute Gasteiger partial charge is 0.176 e. The van der Waals surface area contributed by atoms with Gasteiger partial charge >= 0.3 is 0 Å². The predicted molar refractivity (Wildman–Crippen MR) is 72.4 cm³/mol. The summed E-state index contributed by atoms with van der Waals surface area (Å²) in [6.07, 6.45) is 4.67. The number of hydrogen-bond acceptors (Lipinski definition) is 1. The number of carbonyl (C=O) groups excluding carboxylic acids is 1. The highest BCUT2D eigenvalue weighted by atomic mass is 35.5. The highest BCUT2D eigenvalue weighted by Crippen LogP contribution is 2.26. The Morgan fingerprint density at radius 2 is 2.06 bits per heavy atom. The molecule has 0 heterocycles. The summed E-state index contributed by atoms with van der Waals surface area (Å²) < 4.78 is 0. The molecule has 0 saturated heterocycles. The van der Waals surface area contributed by atoms with E-state index >= 15 is 0 Å². The Balaban J connectivity index is 2.28. The van der Waals surface area contributed by atoms with Crippen molar-refractivity contribution in [3.05, 3.63) is 40.5 Å². The Morgan fingerprint density at radius 1 is 1.29 bits per heavy atom. The maximum absolute atomic E-state index is 11.9. The maximum Gasteiger partial charge on any atom is 0.176 e. The monoisotopic (exact) mass is 248 g/mol. The standard InChI is InChI=1S/C15H17ClO/c1-10-6-7-12(8-11(10)2)9-13-4-3-5-14(16)15(13)17/h6-9,14H,3-5H2,1-2H3. The maximum atomic E-state index is 11.9. The lowest BCUT2D eigenvalue weighted by atomic mass is 9.91. The molecule has 1 saturated carbocycles. The van der Waals surface area contributed by atoms with Gasteiger partial charge in [0.1, 0.15) is 0 Å². The van der Waals surface area contributed by atoms with Crippen molar-refractivity contribution >= 4 is 23.5 Å². The molecule has 2 rings (SSSR count). The van der Waals surface area contributed by atoms with E-state index in [4.69, 9.17) is 11.6 Å². The second-order valence-corrected chi connectivity index (χ2v) is 5.26. The fraction of sp³-hybridized carbons (Fsp3) is 0.400. The summed E-state index contributed by atoms with van der Waals surface area (Å²) in [7, 11) is 0. The van der Waals surface area contributed by atoms with E-state index in [9.17, 15) is 4.79 Å². The van der Waals surface area contributed by atoms with Crippen LogP contribution < -0.4 is 0 Å². The van der Waals surface area contributed by atoms with Crippen LogP contribution in [0.2, 0.25) is 0 Å². The minimum atomic E-state index is -0.318. The lowest BCUT2D eigenvalue weighted by Crippen LogP contribution is -2.21. The van der Waals surface area contributed by atoms with Crippen LogP contribution in [0.4, 0.5) is 0 Å². The zero-order valence-electron chi connectivity index (χ0n) is 10.3. The van der Waals surface area contributed by atoms with Gasteiger partial charge in [-0.2, -0.15) is 0 Å². The fourth-order valence-electron chi connectivity index (χ4n) is 2.13. The van der Waals surface area contributed by atoms with Crippen molar-refractivity contribution < 1.29 is 4.79 Å². The van der Waals surface area contributed by atoms with Gasteiger partial charge in [0.05, 0.1) is 5.38 Å². The summed E-state index contributed by atoms with van der Waals surface area (Å²) in [5.41, 5.74) is 4.50. The summed E-state index contributed by atoms with van der Waals surface area (Å²) in [6.45, 7) is 4.18. The van der Waals surface area contributed by atoms with Crippen LogP contribution in [0.25, 0.3) is 6.08 Å². The number of benzene rings is 1. The van der Waals surface area contributed by atoms with E-state index in [1.807, 2.05) is 6.08 Å². The first kappa shape index (κ1) is 12.4. The minimum Gasteiger partial charge on any atom is -0.293 e. The van der Waals surface area contributed by atoms with Crippen LogP contribution in [0.5, 0.6) is 0 Å². The van der Waals surface area contributed by atoms with Gasteiger partial charge in [-0.15, -0.1) is 11.6 Å². The number of aryl methyl sites for hydroxylation is 2. The van der Waals surface area contributed by atoms with Gasteiger partial charge in [-0.3, -0.25) is 4.79 Å². The molecule has 0 bridgehead atoms. The average Bonchev–Trinajstić information content (AvgIpc) is 2.30. The van der Waals surface area contributed by atoms with Gasteiger partial charge < -0.3 is 0 Å². The molecule has 1 unspecified atom stereocenters. The van der Waals surface area contributed by atoms with Crippen LogP contribution >= 0.6 is 11.6 Å². The molecular weight excluding hydrogens is 232 g/mol. The summed E-state index contributed by atoms with van der Waals surface area (Å²) in [5, 5.41) is -0.318. The molecule has 1 aromatic rings. The molecule has 0 aromatic heterocycles. The molecular formula is C15H17ClO. The number of rotatable bonds is 1. The number of allylic oxidation sites excluding steroid dienone is 1. The Labute approximate surface area is 107 Å². The van der Waals surface area contributed by atoms with E-state index in [-0.39, 0.29) is 11.2 Å². The molecule has 0 radical (unpaired) electrons. The highest BCUT2D eigenvalue weighted by Gasteiger charge is 2.24. The molecule has 0 aliphatic heterocycles. The minimum absolute atomic E-state index is 0.108. The third-order valence-electron chi connectivity index (χ3n) is 3.38. The van der Waals surface area contributed by atoms with Crippen LogP contribution in [0.15, 0.2) is 23.8 Å². The van der Waals surface area contributed by atoms with Crippen molar-refractivity contribution in [2.24, 2.45) is 0 Å². The summed E-state index contributed by atoms with van der Waals surface area (Å²) >= 11 is 5.99. The molecule has 0 N–H and O–H groups in total. The first-order valence-corrected chi connectivity index (χ1v) is 6.47. The second-order valence-electron chi connectivity index (χ2n) is 4.74. The summed E-state index contributed by atoms with van der Waals surface area (Å²) in [5.74, 6) is 0.108. The van der Waals surface area contributed by atoms with Crippen molar-refractivity contribution in [1.82, 2.24) is 0 Å². The molecule has 2 heteroatoms. The molecule has 1 atom stereocenters. The second kappa shape index (κ2) is 5.05. The van der Waals surface area contributed by atoms with Gasteiger partial charge in [0.15, 0.2) is 5.78 Å². The molecule has 17 heavy (non-hydrogen) atoms. The number of halogens is 1. The van der Waals surface area contributed by atoms with Gasteiger partial charge in [0.2, 0.25) is 0 Å². The normalized spacial score (nSPS) is 23.1. The Hall–Kier alpha value is -1.08. The Morgan fingerprint density at radius 3 is 2.76 bits per heavy atom. The first-order valence-electron chi connectivity index (χ1n) is 6.04. The molecule has 1 nitrogen and oxygen atoms in total. The summed E-state index contributed by atoms with van der Waals surface area (Å²) in [4.78, 5) is 11.9. The van der Waals surface area contributed by atoms with E-state index in [1.165, 1.54) is 11.1 Å². The molecule has 1 aliphatic carbocycles. The number of Topliss-reactive ketones (excluding diaryl/α,β-unsaturated/α-hetero) is 1. The zero-order valence-corrected chi connectivity index (χ0v) is 11.1. The number of carbonyl (C=O) groups is 1. The zero-order chi connectivity index (χ0) is 12.4. The number of hydrogen-bond donors (Lipinski definition) is 0.